The number of hydrogen-bond acceptors (Lipinski definition) is 5. The van der Waals surface area contributed by atoms with Crippen LogP contribution in [0.4, 0.5) is 0 Å². The third kappa shape index (κ3) is 4.92. The smallest absolute Gasteiger partial charge is 0.258 e. The molecule has 0 radical (unpaired) electrons. The van der Waals surface area contributed by atoms with Gasteiger partial charge in [0.15, 0.2) is 6.61 Å². The molecule has 2 aromatic carbocycles. The Morgan fingerprint density at radius 2 is 1.81 bits per heavy atom. The van der Waals surface area contributed by atoms with Crippen molar-refractivity contribution in [3.05, 3.63) is 77.5 Å². The maximum absolute atomic E-state index is 12.3. The van der Waals surface area contributed by atoms with E-state index in [9.17, 15) is 4.79 Å². The number of nitrogens with zero attached hydrogens (tertiary/aromatic N) is 2. The van der Waals surface area contributed by atoms with E-state index in [2.05, 4.69) is 15.5 Å². The zero-order chi connectivity index (χ0) is 18.4. The van der Waals surface area contributed by atoms with Crippen molar-refractivity contribution < 1.29 is 13.9 Å². The number of carbonyl (C=O) groups excluding carboxylic acids is 1. The first-order valence-corrected chi connectivity index (χ1v) is 8.43. The molecule has 0 spiro atoms. The Morgan fingerprint density at radius 3 is 2.46 bits per heavy atom. The summed E-state index contributed by atoms with van der Waals surface area (Å²) in [5.74, 6) is 1.25. The van der Waals surface area contributed by atoms with Crippen molar-refractivity contribution in [2.75, 3.05) is 6.61 Å². The molecular formula is C20H21N3O3. The van der Waals surface area contributed by atoms with Gasteiger partial charge in [0.2, 0.25) is 11.8 Å². The second kappa shape index (κ2) is 8.29. The Labute approximate surface area is 152 Å². The molecule has 0 aliphatic heterocycles. The SMILES string of the molecule is Cc1ccc(OCC(=O)NC(Cc2ccccc2)c2nnc(C)o2)cc1. The highest BCUT2D eigenvalue weighted by molar-refractivity contribution is 5.77. The molecular weight excluding hydrogens is 330 g/mol. The quantitative estimate of drug-likeness (QED) is 0.707. The number of ether oxygens (including phenoxy) is 1. The topological polar surface area (TPSA) is 77.2 Å². The lowest BCUT2D eigenvalue weighted by molar-refractivity contribution is -0.124. The largest absolute Gasteiger partial charge is 0.484 e. The molecule has 1 amide bonds. The summed E-state index contributed by atoms with van der Waals surface area (Å²) < 4.78 is 11.1. The van der Waals surface area contributed by atoms with Gasteiger partial charge in [-0.25, -0.2) is 0 Å². The minimum atomic E-state index is -0.410. The first kappa shape index (κ1) is 17.7. The molecule has 1 aromatic heterocycles. The molecule has 0 aliphatic rings. The second-order valence-corrected chi connectivity index (χ2v) is 6.07. The Balaban J connectivity index is 1.64. The Bertz CT molecular complexity index is 844. The Kier molecular flexibility index (Phi) is 5.63. The molecule has 0 saturated heterocycles. The lowest BCUT2D eigenvalue weighted by atomic mass is 10.1. The molecule has 3 rings (SSSR count). The summed E-state index contributed by atoms with van der Waals surface area (Å²) in [6.45, 7) is 3.64. The van der Waals surface area contributed by atoms with Crippen molar-refractivity contribution in [2.24, 2.45) is 0 Å². The van der Waals surface area contributed by atoms with Crippen molar-refractivity contribution in [3.8, 4) is 5.75 Å². The highest BCUT2D eigenvalue weighted by atomic mass is 16.5. The molecule has 0 bridgehead atoms. The van der Waals surface area contributed by atoms with Gasteiger partial charge in [-0.2, -0.15) is 0 Å². The van der Waals surface area contributed by atoms with Crippen LogP contribution >= 0.6 is 0 Å². The molecule has 0 saturated carbocycles. The lowest BCUT2D eigenvalue weighted by Crippen LogP contribution is -2.34. The van der Waals surface area contributed by atoms with E-state index in [1.54, 1.807) is 6.92 Å². The van der Waals surface area contributed by atoms with Crippen molar-refractivity contribution in [1.82, 2.24) is 15.5 Å². The normalized spacial score (nSPS) is 11.8. The molecule has 6 nitrogen and oxygen atoms in total. The van der Waals surface area contributed by atoms with Crippen LogP contribution in [0.5, 0.6) is 5.75 Å². The summed E-state index contributed by atoms with van der Waals surface area (Å²) in [6.07, 6.45) is 0.554. The van der Waals surface area contributed by atoms with Gasteiger partial charge in [0.1, 0.15) is 11.8 Å². The summed E-state index contributed by atoms with van der Waals surface area (Å²) in [5.41, 5.74) is 2.20. The van der Waals surface area contributed by atoms with Crippen LogP contribution in [0.25, 0.3) is 0 Å². The Hall–Kier alpha value is -3.15. The second-order valence-electron chi connectivity index (χ2n) is 6.07. The number of carbonyl (C=O) groups is 1. The van der Waals surface area contributed by atoms with Gasteiger partial charge in [0, 0.05) is 13.3 Å². The fraction of sp³-hybridized carbons (Fsp3) is 0.250. The molecule has 1 N–H and O–H groups in total. The molecule has 0 aliphatic carbocycles. The van der Waals surface area contributed by atoms with Crippen LogP contribution in [0.15, 0.2) is 59.0 Å². The van der Waals surface area contributed by atoms with E-state index in [0.717, 1.165) is 11.1 Å². The summed E-state index contributed by atoms with van der Waals surface area (Å²) >= 11 is 0. The van der Waals surface area contributed by atoms with Crippen molar-refractivity contribution in [1.29, 1.82) is 0 Å². The van der Waals surface area contributed by atoms with E-state index in [1.807, 2.05) is 61.5 Å². The summed E-state index contributed by atoms with van der Waals surface area (Å²) in [5, 5.41) is 10.8. The van der Waals surface area contributed by atoms with Gasteiger partial charge >= 0.3 is 0 Å². The predicted molar refractivity (Wildman–Crippen MR) is 96.7 cm³/mol. The van der Waals surface area contributed by atoms with Gasteiger partial charge in [-0.1, -0.05) is 48.0 Å². The highest BCUT2D eigenvalue weighted by Gasteiger charge is 2.21. The average molecular weight is 351 g/mol. The minimum Gasteiger partial charge on any atom is -0.484 e. The van der Waals surface area contributed by atoms with E-state index in [-0.39, 0.29) is 12.5 Å². The van der Waals surface area contributed by atoms with Gasteiger partial charge in [-0.15, -0.1) is 10.2 Å². The molecule has 6 heteroatoms. The number of hydrogen-bond donors (Lipinski definition) is 1. The minimum absolute atomic E-state index is 0.0819. The summed E-state index contributed by atoms with van der Waals surface area (Å²) in [4.78, 5) is 12.3. The Morgan fingerprint density at radius 1 is 1.08 bits per heavy atom. The monoisotopic (exact) mass is 351 g/mol. The van der Waals surface area contributed by atoms with Gasteiger partial charge in [-0.05, 0) is 24.6 Å². The molecule has 26 heavy (non-hydrogen) atoms. The molecule has 134 valence electrons. The van der Waals surface area contributed by atoms with Crippen LogP contribution < -0.4 is 10.1 Å². The number of aromatic nitrogens is 2. The lowest BCUT2D eigenvalue weighted by Gasteiger charge is -2.16. The number of aryl methyl sites for hydroxylation is 2. The van der Waals surface area contributed by atoms with Crippen LogP contribution in [-0.4, -0.2) is 22.7 Å². The number of amides is 1. The molecule has 1 atom stereocenters. The van der Waals surface area contributed by atoms with Gasteiger partial charge < -0.3 is 14.5 Å². The maximum Gasteiger partial charge on any atom is 0.258 e. The van der Waals surface area contributed by atoms with Crippen LogP contribution in [0.1, 0.15) is 29.0 Å². The fourth-order valence-electron chi connectivity index (χ4n) is 2.52. The van der Waals surface area contributed by atoms with Crippen LogP contribution in [0.2, 0.25) is 0 Å². The fourth-order valence-corrected chi connectivity index (χ4v) is 2.52. The first-order chi connectivity index (χ1) is 12.6. The summed E-state index contributed by atoms with van der Waals surface area (Å²) in [7, 11) is 0. The molecule has 1 heterocycles. The zero-order valence-electron chi connectivity index (χ0n) is 14.8. The number of nitrogens with one attached hydrogen (secondary N) is 1. The van der Waals surface area contributed by atoms with E-state index in [1.165, 1.54) is 0 Å². The van der Waals surface area contributed by atoms with Crippen molar-refractivity contribution in [2.45, 2.75) is 26.3 Å². The van der Waals surface area contributed by atoms with Crippen LogP contribution in [0, 0.1) is 13.8 Å². The molecule has 0 fully saturated rings. The zero-order valence-corrected chi connectivity index (χ0v) is 14.8. The van der Waals surface area contributed by atoms with E-state index < -0.39 is 6.04 Å². The maximum atomic E-state index is 12.3. The van der Waals surface area contributed by atoms with Crippen LogP contribution in [-0.2, 0) is 11.2 Å². The molecule has 1 unspecified atom stereocenters. The molecule has 3 aromatic rings. The van der Waals surface area contributed by atoms with Crippen LogP contribution in [0.3, 0.4) is 0 Å². The third-order valence-corrected chi connectivity index (χ3v) is 3.85. The van der Waals surface area contributed by atoms with Crippen molar-refractivity contribution in [3.63, 3.8) is 0 Å². The van der Waals surface area contributed by atoms with E-state index in [4.69, 9.17) is 9.15 Å². The van der Waals surface area contributed by atoms with Gasteiger partial charge in [0.25, 0.3) is 5.91 Å². The highest BCUT2D eigenvalue weighted by Crippen LogP contribution is 2.18. The van der Waals surface area contributed by atoms with Crippen molar-refractivity contribution >= 4 is 5.91 Å². The predicted octanol–water partition coefficient (Wildman–Crippen LogP) is 3.17. The van der Waals surface area contributed by atoms with Gasteiger partial charge in [-0.3, -0.25) is 4.79 Å². The third-order valence-electron chi connectivity index (χ3n) is 3.85. The first-order valence-electron chi connectivity index (χ1n) is 8.43. The van der Waals surface area contributed by atoms with E-state index in [0.29, 0.717) is 24.0 Å². The van der Waals surface area contributed by atoms with Gasteiger partial charge in [0.05, 0.1) is 0 Å². The standard InChI is InChI=1S/C20H21N3O3/c1-14-8-10-17(11-9-14)25-13-19(24)21-18(20-23-22-15(2)26-20)12-16-6-4-3-5-7-16/h3-11,18H,12-13H2,1-2H3,(H,21,24). The summed E-state index contributed by atoms with van der Waals surface area (Å²) in [6, 6.07) is 17.0. The number of benzene rings is 2. The average Bonchev–Trinajstić information content (AvgIpc) is 3.08. The van der Waals surface area contributed by atoms with E-state index >= 15 is 0 Å². The number of rotatable bonds is 7.